The van der Waals surface area contributed by atoms with Gasteiger partial charge in [0.25, 0.3) is 0 Å². The summed E-state index contributed by atoms with van der Waals surface area (Å²) in [5.74, 6) is 0. The number of thiocarbonyl (C=S) groups is 1. The quantitative estimate of drug-likeness (QED) is 0.256. The van der Waals surface area contributed by atoms with Crippen LogP contribution in [0.3, 0.4) is 0 Å². The van der Waals surface area contributed by atoms with Crippen LogP contribution < -0.4 is 0 Å². The molecule has 1 aliphatic heterocycles. The molecule has 2 aromatic carbocycles. The summed E-state index contributed by atoms with van der Waals surface area (Å²) in [5.41, 5.74) is 1.05. The van der Waals surface area contributed by atoms with Crippen LogP contribution in [0.25, 0.3) is 11.3 Å². The number of hydrogen-bond acceptors (Lipinski definition) is 2. The molecule has 4 rings (SSSR count). The number of aliphatic imine (C=N–C) groups is 1. The van der Waals surface area contributed by atoms with E-state index in [-0.39, 0.29) is 4.99 Å². The standard InChI is InChI=1S/C20H10F6N2S2/c21-19(22,23)11-5-1-9(2-6-11)15-13-14(18(30)27-15)16(28-17(13)29)10-3-7-12(8-4-10)20(24,25)26/h1-8,27,30H. The number of aromatic amines is 1. The first kappa shape index (κ1) is 20.7. The Bertz CT molecular complexity index is 1170. The average molecular weight is 456 g/mol. The predicted molar refractivity (Wildman–Crippen MR) is 107 cm³/mol. The van der Waals surface area contributed by atoms with Gasteiger partial charge in [-0.15, -0.1) is 12.6 Å². The van der Waals surface area contributed by atoms with Crippen molar-refractivity contribution in [1.29, 1.82) is 0 Å². The maximum atomic E-state index is 12.8. The van der Waals surface area contributed by atoms with Crippen molar-refractivity contribution in [2.75, 3.05) is 0 Å². The van der Waals surface area contributed by atoms with E-state index < -0.39 is 23.5 Å². The normalized spacial score (nSPS) is 14.1. The number of halogens is 6. The van der Waals surface area contributed by atoms with Gasteiger partial charge in [-0.05, 0) is 29.8 Å². The second-order valence-corrected chi connectivity index (χ2v) is 7.35. The molecule has 0 aliphatic carbocycles. The van der Waals surface area contributed by atoms with Crippen molar-refractivity contribution < 1.29 is 26.3 Å². The molecule has 154 valence electrons. The van der Waals surface area contributed by atoms with Gasteiger partial charge in [-0.2, -0.15) is 26.3 Å². The van der Waals surface area contributed by atoms with Crippen LogP contribution in [0.1, 0.15) is 27.8 Å². The number of nitrogens with one attached hydrogen (secondary N) is 1. The topological polar surface area (TPSA) is 28.1 Å². The highest BCUT2D eigenvalue weighted by Gasteiger charge is 2.33. The zero-order valence-electron chi connectivity index (χ0n) is 14.7. The van der Waals surface area contributed by atoms with E-state index in [2.05, 4.69) is 22.6 Å². The lowest BCUT2D eigenvalue weighted by atomic mass is 9.99. The monoisotopic (exact) mass is 456 g/mol. The van der Waals surface area contributed by atoms with Gasteiger partial charge in [0.05, 0.1) is 27.6 Å². The number of thiol groups is 1. The molecule has 0 radical (unpaired) electrons. The van der Waals surface area contributed by atoms with E-state index in [1.165, 1.54) is 24.3 Å². The van der Waals surface area contributed by atoms with E-state index in [0.717, 1.165) is 24.3 Å². The Morgan fingerprint density at radius 1 is 0.733 bits per heavy atom. The molecular formula is C20H10F6N2S2. The van der Waals surface area contributed by atoms with Crippen LogP contribution in [0, 0.1) is 0 Å². The Kier molecular flexibility index (Phi) is 4.81. The highest BCUT2D eigenvalue weighted by molar-refractivity contribution is 7.81. The van der Waals surface area contributed by atoms with E-state index in [4.69, 9.17) is 12.2 Å². The Balaban J connectivity index is 1.75. The number of benzene rings is 2. The number of H-pyrrole nitrogens is 1. The highest BCUT2D eigenvalue weighted by atomic mass is 32.1. The summed E-state index contributed by atoms with van der Waals surface area (Å²) in [6.45, 7) is 0. The SMILES string of the molecule is FC(F)(F)c1ccc(C2=NC(=S)c3c(-c4ccc(C(F)(F)F)cc4)[nH]c(S)c32)cc1. The molecule has 0 spiro atoms. The lowest BCUT2D eigenvalue weighted by molar-refractivity contribution is -0.138. The molecule has 0 unspecified atom stereocenters. The third-order valence-electron chi connectivity index (χ3n) is 4.63. The summed E-state index contributed by atoms with van der Waals surface area (Å²) in [6.07, 6.45) is -8.92. The van der Waals surface area contributed by atoms with Gasteiger partial charge in [-0.25, -0.2) is 4.99 Å². The van der Waals surface area contributed by atoms with Gasteiger partial charge in [0, 0.05) is 16.7 Å². The molecule has 2 heterocycles. The van der Waals surface area contributed by atoms with Gasteiger partial charge >= 0.3 is 12.4 Å². The Morgan fingerprint density at radius 3 is 1.67 bits per heavy atom. The lowest BCUT2D eigenvalue weighted by Gasteiger charge is -2.08. The minimum atomic E-state index is -4.46. The third-order valence-corrected chi connectivity index (χ3v) is 5.26. The molecule has 0 saturated heterocycles. The first-order valence-corrected chi connectivity index (χ1v) is 9.26. The molecule has 0 saturated carbocycles. The maximum Gasteiger partial charge on any atom is 0.416 e. The molecule has 1 N–H and O–H groups in total. The molecule has 2 nitrogen and oxygen atoms in total. The van der Waals surface area contributed by atoms with Crippen LogP contribution in [-0.4, -0.2) is 15.7 Å². The Morgan fingerprint density at radius 2 is 1.20 bits per heavy atom. The van der Waals surface area contributed by atoms with Gasteiger partial charge in [0.1, 0.15) is 4.99 Å². The number of nitrogens with zero attached hydrogens (tertiary/aromatic N) is 1. The molecule has 3 aromatic rings. The van der Waals surface area contributed by atoms with Gasteiger partial charge in [0.2, 0.25) is 0 Å². The van der Waals surface area contributed by atoms with E-state index >= 15 is 0 Å². The van der Waals surface area contributed by atoms with Crippen molar-refractivity contribution in [1.82, 2.24) is 4.98 Å². The predicted octanol–water partition coefficient (Wildman–Crippen LogP) is 6.53. The zero-order valence-corrected chi connectivity index (χ0v) is 16.4. The van der Waals surface area contributed by atoms with Crippen molar-refractivity contribution in [3.8, 4) is 11.3 Å². The highest BCUT2D eigenvalue weighted by Crippen LogP contribution is 2.38. The smallest absolute Gasteiger partial charge is 0.349 e. The number of aromatic nitrogens is 1. The van der Waals surface area contributed by atoms with Crippen LogP contribution in [0.4, 0.5) is 26.3 Å². The minimum absolute atomic E-state index is 0.173. The average Bonchev–Trinajstić information content (AvgIpc) is 3.19. The van der Waals surface area contributed by atoms with E-state index in [1.807, 2.05) is 0 Å². The number of rotatable bonds is 2. The Labute approximate surface area is 177 Å². The Hall–Kier alpha value is -2.59. The lowest BCUT2D eigenvalue weighted by Crippen LogP contribution is -2.06. The molecule has 0 fully saturated rings. The van der Waals surface area contributed by atoms with Crippen molar-refractivity contribution in [3.05, 3.63) is 76.3 Å². The summed E-state index contributed by atoms with van der Waals surface area (Å²) in [6, 6.07) is 8.99. The van der Waals surface area contributed by atoms with Crippen molar-refractivity contribution in [2.45, 2.75) is 17.4 Å². The number of hydrogen-bond donors (Lipinski definition) is 2. The fourth-order valence-corrected chi connectivity index (χ4v) is 3.84. The summed E-state index contributed by atoms with van der Waals surface area (Å²) < 4.78 is 76.9. The van der Waals surface area contributed by atoms with Crippen LogP contribution in [-0.2, 0) is 12.4 Å². The molecule has 30 heavy (non-hydrogen) atoms. The van der Waals surface area contributed by atoms with Gasteiger partial charge in [0.15, 0.2) is 0 Å². The number of fused-ring (bicyclic) bond motifs is 1. The van der Waals surface area contributed by atoms with Crippen molar-refractivity contribution >= 4 is 35.5 Å². The van der Waals surface area contributed by atoms with Gasteiger partial charge < -0.3 is 4.98 Å². The third kappa shape index (κ3) is 3.54. The summed E-state index contributed by atoms with van der Waals surface area (Å²) >= 11 is 9.71. The molecule has 0 atom stereocenters. The van der Waals surface area contributed by atoms with Crippen molar-refractivity contribution in [2.24, 2.45) is 4.99 Å². The first-order valence-electron chi connectivity index (χ1n) is 8.40. The fraction of sp³-hybridized carbons (Fsp3) is 0.100. The first-order chi connectivity index (χ1) is 14.0. The van der Waals surface area contributed by atoms with E-state index in [0.29, 0.717) is 38.7 Å². The molecule has 1 aromatic heterocycles. The second kappa shape index (κ2) is 6.98. The van der Waals surface area contributed by atoms with Crippen LogP contribution in [0.15, 0.2) is 58.5 Å². The van der Waals surface area contributed by atoms with Crippen LogP contribution in [0.2, 0.25) is 0 Å². The number of alkyl halides is 6. The van der Waals surface area contributed by atoms with Crippen molar-refractivity contribution in [3.63, 3.8) is 0 Å². The zero-order chi connectivity index (χ0) is 21.8. The van der Waals surface area contributed by atoms with Crippen LogP contribution in [0.5, 0.6) is 0 Å². The van der Waals surface area contributed by atoms with Gasteiger partial charge in [-0.1, -0.05) is 36.5 Å². The largest absolute Gasteiger partial charge is 0.416 e. The maximum absolute atomic E-state index is 12.8. The molecular weight excluding hydrogens is 446 g/mol. The molecule has 0 amide bonds. The summed E-state index contributed by atoms with van der Waals surface area (Å²) in [7, 11) is 0. The summed E-state index contributed by atoms with van der Waals surface area (Å²) in [4.78, 5) is 7.46. The van der Waals surface area contributed by atoms with E-state index in [1.54, 1.807) is 0 Å². The molecule has 1 aliphatic rings. The summed E-state index contributed by atoms with van der Waals surface area (Å²) in [5, 5.41) is 0.360. The minimum Gasteiger partial charge on any atom is -0.349 e. The fourth-order valence-electron chi connectivity index (χ4n) is 3.21. The van der Waals surface area contributed by atoms with E-state index in [9.17, 15) is 26.3 Å². The molecule has 0 bridgehead atoms. The van der Waals surface area contributed by atoms with Crippen LogP contribution >= 0.6 is 24.8 Å². The second-order valence-electron chi connectivity index (χ2n) is 6.51. The molecule has 10 heteroatoms. The van der Waals surface area contributed by atoms with Gasteiger partial charge in [-0.3, -0.25) is 0 Å².